The van der Waals surface area contributed by atoms with Gasteiger partial charge in [-0.25, -0.2) is 0 Å². The largest absolute Gasteiger partial charge is 0.370 e. The Balaban J connectivity index is 1.71. The molecule has 0 spiro atoms. The fraction of sp³-hybridized carbons (Fsp3) is 0.211. The first-order chi connectivity index (χ1) is 12.6. The number of pyridine rings is 1. The van der Waals surface area contributed by atoms with Crippen molar-refractivity contribution in [1.82, 2.24) is 4.98 Å². The molecule has 6 nitrogen and oxygen atoms in total. The summed E-state index contributed by atoms with van der Waals surface area (Å²) in [5.74, 6) is 0. The van der Waals surface area contributed by atoms with Gasteiger partial charge in [-0.2, -0.15) is 0 Å². The van der Waals surface area contributed by atoms with E-state index in [-0.39, 0.29) is 16.7 Å². The minimum absolute atomic E-state index is 0.0901. The monoisotopic (exact) mass is 369 g/mol. The lowest BCUT2D eigenvalue weighted by molar-refractivity contribution is -0.382. The molecule has 2 heterocycles. The molecule has 1 saturated heterocycles. The van der Waals surface area contributed by atoms with E-state index in [1.54, 1.807) is 24.4 Å². The van der Waals surface area contributed by atoms with Crippen LogP contribution >= 0.6 is 11.6 Å². The van der Waals surface area contributed by atoms with Crippen LogP contribution in [0, 0.1) is 10.1 Å². The molecular formula is C19H16ClN3O3. The van der Waals surface area contributed by atoms with Gasteiger partial charge in [0.1, 0.15) is 11.8 Å². The Kier molecular flexibility index (Phi) is 4.44. The van der Waals surface area contributed by atoms with Crippen molar-refractivity contribution in [3.8, 4) is 0 Å². The number of hydrogen-bond donors (Lipinski definition) is 0. The predicted octanol–water partition coefficient (Wildman–Crippen LogP) is 4.37. The number of aromatic nitrogens is 1. The van der Waals surface area contributed by atoms with Crippen molar-refractivity contribution >= 4 is 33.9 Å². The van der Waals surface area contributed by atoms with Gasteiger partial charge in [-0.15, -0.1) is 0 Å². The fourth-order valence-electron chi connectivity index (χ4n) is 3.32. The summed E-state index contributed by atoms with van der Waals surface area (Å²) in [7, 11) is 0. The normalized spacial score (nSPS) is 17.4. The van der Waals surface area contributed by atoms with Crippen LogP contribution in [0.2, 0.25) is 5.02 Å². The van der Waals surface area contributed by atoms with E-state index in [1.807, 2.05) is 35.2 Å². The lowest BCUT2D eigenvalue weighted by Crippen LogP contribution is -2.38. The number of fused-ring (bicyclic) bond motifs is 1. The van der Waals surface area contributed by atoms with E-state index in [2.05, 4.69) is 4.98 Å². The maximum absolute atomic E-state index is 11.8. The lowest BCUT2D eigenvalue weighted by atomic mass is 10.1. The van der Waals surface area contributed by atoms with Crippen LogP contribution in [-0.4, -0.2) is 29.6 Å². The third kappa shape index (κ3) is 3.09. The van der Waals surface area contributed by atoms with Crippen molar-refractivity contribution in [2.75, 3.05) is 24.6 Å². The fourth-order valence-corrected chi connectivity index (χ4v) is 3.45. The van der Waals surface area contributed by atoms with Crippen LogP contribution in [0.1, 0.15) is 11.7 Å². The van der Waals surface area contributed by atoms with Gasteiger partial charge in [0.2, 0.25) is 0 Å². The van der Waals surface area contributed by atoms with E-state index in [9.17, 15) is 10.1 Å². The van der Waals surface area contributed by atoms with Crippen LogP contribution in [0.15, 0.2) is 54.7 Å². The van der Waals surface area contributed by atoms with Gasteiger partial charge < -0.3 is 9.64 Å². The highest BCUT2D eigenvalue weighted by molar-refractivity contribution is 6.30. The average Bonchev–Trinajstić information content (AvgIpc) is 2.67. The van der Waals surface area contributed by atoms with Gasteiger partial charge in [0, 0.05) is 24.3 Å². The Morgan fingerprint density at radius 1 is 1.19 bits per heavy atom. The molecule has 1 fully saturated rings. The molecule has 0 bridgehead atoms. The molecule has 7 heteroatoms. The van der Waals surface area contributed by atoms with Crippen molar-refractivity contribution in [3.05, 3.63) is 75.4 Å². The molecule has 0 aliphatic carbocycles. The summed E-state index contributed by atoms with van der Waals surface area (Å²) in [4.78, 5) is 17.7. The van der Waals surface area contributed by atoms with Crippen molar-refractivity contribution < 1.29 is 9.66 Å². The second-order valence-corrected chi connectivity index (χ2v) is 6.55. The molecule has 0 amide bonds. The quantitative estimate of drug-likeness (QED) is 0.506. The molecule has 1 unspecified atom stereocenters. The minimum Gasteiger partial charge on any atom is -0.370 e. The highest BCUT2D eigenvalue weighted by Gasteiger charge is 2.28. The number of rotatable bonds is 3. The molecule has 0 radical (unpaired) electrons. The van der Waals surface area contributed by atoms with E-state index in [0.29, 0.717) is 41.3 Å². The summed E-state index contributed by atoms with van der Waals surface area (Å²) in [6.07, 6.45) is 1.47. The second-order valence-electron chi connectivity index (χ2n) is 6.12. The Labute approximate surface area is 155 Å². The molecule has 0 N–H and O–H groups in total. The third-order valence-corrected chi connectivity index (χ3v) is 4.82. The Hall–Kier alpha value is -2.70. The van der Waals surface area contributed by atoms with E-state index >= 15 is 0 Å². The van der Waals surface area contributed by atoms with E-state index in [1.165, 1.54) is 0 Å². The van der Waals surface area contributed by atoms with Gasteiger partial charge in [0.25, 0.3) is 0 Å². The number of hydrogen-bond acceptors (Lipinski definition) is 5. The Morgan fingerprint density at radius 2 is 2.00 bits per heavy atom. The van der Waals surface area contributed by atoms with Gasteiger partial charge in [-0.1, -0.05) is 23.7 Å². The van der Waals surface area contributed by atoms with Crippen LogP contribution in [-0.2, 0) is 4.74 Å². The first-order valence-electron chi connectivity index (χ1n) is 8.27. The topological polar surface area (TPSA) is 68.5 Å². The molecule has 132 valence electrons. The number of nitro benzene ring substituents is 1. The molecule has 1 atom stereocenters. The van der Waals surface area contributed by atoms with Crippen LogP contribution in [0.5, 0.6) is 0 Å². The zero-order chi connectivity index (χ0) is 18.1. The summed E-state index contributed by atoms with van der Waals surface area (Å²) in [6.45, 7) is 1.63. The maximum Gasteiger partial charge on any atom is 0.301 e. The third-order valence-electron chi connectivity index (χ3n) is 4.57. The smallest absolute Gasteiger partial charge is 0.301 e. The molecule has 26 heavy (non-hydrogen) atoms. The Bertz CT molecular complexity index is 962. The van der Waals surface area contributed by atoms with E-state index in [4.69, 9.17) is 16.3 Å². The number of ether oxygens (including phenoxy) is 1. The van der Waals surface area contributed by atoms with Crippen LogP contribution in [0.3, 0.4) is 0 Å². The van der Waals surface area contributed by atoms with Gasteiger partial charge in [-0.3, -0.25) is 15.1 Å². The average molecular weight is 370 g/mol. The van der Waals surface area contributed by atoms with Gasteiger partial charge in [0.05, 0.1) is 22.4 Å². The van der Waals surface area contributed by atoms with Crippen LogP contribution in [0.25, 0.3) is 10.9 Å². The molecule has 4 rings (SSSR count). The highest BCUT2D eigenvalue weighted by atomic mass is 35.5. The number of nitro groups is 1. The maximum atomic E-state index is 11.8. The van der Waals surface area contributed by atoms with Gasteiger partial charge in [0.15, 0.2) is 0 Å². The molecule has 1 aliphatic rings. The predicted molar refractivity (Wildman–Crippen MR) is 101 cm³/mol. The molecular weight excluding hydrogens is 354 g/mol. The van der Waals surface area contributed by atoms with Crippen molar-refractivity contribution in [2.24, 2.45) is 0 Å². The number of nitrogens with zero attached hydrogens (tertiary/aromatic N) is 3. The standard InChI is InChI=1S/C19H16ClN3O3/c20-14-5-3-13(4-6-14)18-12-22(10-11-26-18)17-8-7-16-15(2-1-9-21-16)19(17)23(24)25/h1-9,18H,10-12H2. The summed E-state index contributed by atoms with van der Waals surface area (Å²) >= 11 is 5.95. The second kappa shape index (κ2) is 6.90. The van der Waals surface area contributed by atoms with Gasteiger partial charge in [-0.05, 0) is 42.0 Å². The van der Waals surface area contributed by atoms with Crippen molar-refractivity contribution in [2.45, 2.75) is 6.10 Å². The number of halogens is 1. The zero-order valence-corrected chi connectivity index (χ0v) is 14.6. The van der Waals surface area contributed by atoms with E-state index in [0.717, 1.165) is 5.56 Å². The van der Waals surface area contributed by atoms with E-state index < -0.39 is 0 Å². The van der Waals surface area contributed by atoms with Crippen LogP contribution < -0.4 is 4.90 Å². The van der Waals surface area contributed by atoms with Gasteiger partial charge >= 0.3 is 5.69 Å². The highest BCUT2D eigenvalue weighted by Crippen LogP contribution is 2.37. The molecule has 0 saturated carbocycles. The van der Waals surface area contributed by atoms with Crippen LogP contribution in [0.4, 0.5) is 11.4 Å². The first kappa shape index (κ1) is 16.8. The summed E-state index contributed by atoms with van der Waals surface area (Å²) in [6, 6.07) is 14.6. The molecule has 1 aromatic heterocycles. The minimum atomic E-state index is -0.327. The number of anilines is 1. The van der Waals surface area contributed by atoms with Crippen molar-refractivity contribution in [1.29, 1.82) is 0 Å². The first-order valence-corrected chi connectivity index (χ1v) is 8.65. The zero-order valence-electron chi connectivity index (χ0n) is 13.8. The summed E-state index contributed by atoms with van der Waals surface area (Å²) < 4.78 is 5.88. The Morgan fingerprint density at radius 3 is 2.77 bits per heavy atom. The molecule has 3 aromatic rings. The molecule has 1 aliphatic heterocycles. The van der Waals surface area contributed by atoms with Crippen molar-refractivity contribution in [3.63, 3.8) is 0 Å². The molecule has 2 aromatic carbocycles. The number of benzene rings is 2. The lowest BCUT2D eigenvalue weighted by Gasteiger charge is -2.34. The SMILES string of the molecule is O=[N+]([O-])c1c(N2CCOC(c3ccc(Cl)cc3)C2)ccc2ncccc12. The number of morpholine rings is 1. The summed E-state index contributed by atoms with van der Waals surface area (Å²) in [5, 5.41) is 13.0. The summed E-state index contributed by atoms with van der Waals surface area (Å²) in [5.41, 5.74) is 2.31.